The molecule has 1 fully saturated rings. The lowest BCUT2D eigenvalue weighted by Crippen LogP contribution is -2.41. The first-order chi connectivity index (χ1) is 8.18. The van der Waals surface area contributed by atoms with Crippen LogP contribution in [0, 0.1) is 0 Å². The average molecular weight is 259 g/mol. The summed E-state index contributed by atoms with van der Waals surface area (Å²) >= 11 is 5.22. The molecule has 0 radical (unpaired) electrons. The van der Waals surface area contributed by atoms with Gasteiger partial charge in [-0.25, -0.2) is 0 Å². The van der Waals surface area contributed by atoms with Crippen molar-refractivity contribution in [1.82, 2.24) is 15.5 Å². The monoisotopic (exact) mass is 259 g/mol. The zero-order valence-electron chi connectivity index (χ0n) is 11.0. The smallest absolute Gasteiger partial charge is 0.166 e. The molecule has 17 heavy (non-hydrogen) atoms. The maximum absolute atomic E-state index is 5.47. The summed E-state index contributed by atoms with van der Waals surface area (Å²) in [6.07, 6.45) is 5.16. The lowest BCUT2D eigenvalue weighted by atomic mass is 10.3. The highest BCUT2D eigenvalue weighted by Crippen LogP contribution is 2.17. The Bertz CT molecular complexity index is 218. The largest absolute Gasteiger partial charge is 0.378 e. The van der Waals surface area contributed by atoms with Crippen molar-refractivity contribution in [2.75, 3.05) is 40.4 Å². The van der Waals surface area contributed by atoms with E-state index in [0.29, 0.717) is 12.6 Å². The van der Waals surface area contributed by atoms with E-state index in [-0.39, 0.29) is 0 Å². The Kier molecular flexibility index (Phi) is 7.48. The van der Waals surface area contributed by atoms with E-state index >= 15 is 0 Å². The van der Waals surface area contributed by atoms with Gasteiger partial charge in [0, 0.05) is 19.1 Å². The van der Waals surface area contributed by atoms with Gasteiger partial charge in [-0.15, -0.1) is 0 Å². The van der Waals surface area contributed by atoms with Crippen molar-refractivity contribution in [3.05, 3.63) is 0 Å². The van der Waals surface area contributed by atoms with Crippen LogP contribution in [0.5, 0.6) is 0 Å². The molecule has 0 aromatic rings. The second-order valence-corrected chi connectivity index (χ2v) is 5.21. The Morgan fingerprint density at radius 3 is 2.65 bits per heavy atom. The zero-order valence-corrected chi connectivity index (χ0v) is 11.8. The third-order valence-electron chi connectivity index (χ3n) is 2.91. The third-order valence-corrected chi connectivity index (χ3v) is 3.17. The molecule has 0 bridgehead atoms. The molecule has 5 heteroatoms. The molecule has 1 rings (SSSR count). The topological polar surface area (TPSA) is 36.5 Å². The third kappa shape index (κ3) is 7.52. The van der Waals surface area contributed by atoms with E-state index in [0.717, 1.165) is 24.8 Å². The van der Waals surface area contributed by atoms with Crippen LogP contribution in [0.2, 0.25) is 0 Å². The molecule has 0 unspecified atom stereocenters. The van der Waals surface area contributed by atoms with Crippen LogP contribution in [0.4, 0.5) is 0 Å². The molecule has 0 amide bonds. The summed E-state index contributed by atoms with van der Waals surface area (Å²) in [5.74, 6) is 0. The normalized spacial score (nSPS) is 16.4. The predicted molar refractivity (Wildman–Crippen MR) is 75.4 cm³/mol. The van der Waals surface area contributed by atoms with Gasteiger partial charge in [-0.2, -0.15) is 0 Å². The Balaban J connectivity index is 1.89. The van der Waals surface area contributed by atoms with Gasteiger partial charge in [0.1, 0.15) is 0 Å². The van der Waals surface area contributed by atoms with Crippen LogP contribution < -0.4 is 10.6 Å². The lowest BCUT2D eigenvalue weighted by molar-refractivity contribution is 0.122. The average Bonchev–Trinajstić information content (AvgIpc) is 2.75. The second-order valence-electron chi connectivity index (χ2n) is 4.80. The van der Waals surface area contributed by atoms with Crippen molar-refractivity contribution in [2.24, 2.45) is 0 Å². The van der Waals surface area contributed by atoms with Crippen molar-refractivity contribution in [3.63, 3.8) is 0 Å². The minimum atomic E-state index is 0.588. The summed E-state index contributed by atoms with van der Waals surface area (Å²) in [5, 5.41) is 7.30. The van der Waals surface area contributed by atoms with E-state index in [9.17, 15) is 0 Å². The van der Waals surface area contributed by atoms with Crippen molar-refractivity contribution >= 4 is 17.3 Å². The Morgan fingerprint density at radius 1 is 1.29 bits per heavy atom. The van der Waals surface area contributed by atoms with Crippen molar-refractivity contribution < 1.29 is 4.74 Å². The van der Waals surface area contributed by atoms with E-state index in [4.69, 9.17) is 17.0 Å². The summed E-state index contributed by atoms with van der Waals surface area (Å²) in [5.41, 5.74) is 0. The SMILES string of the molecule is CN(C)CCOCCNC(=S)NC1CCCC1. The van der Waals surface area contributed by atoms with Gasteiger partial charge in [-0.3, -0.25) is 0 Å². The van der Waals surface area contributed by atoms with Crippen LogP contribution in [0.1, 0.15) is 25.7 Å². The molecular formula is C12H25N3OS. The molecule has 1 aliphatic carbocycles. The van der Waals surface area contributed by atoms with E-state index in [1.165, 1.54) is 25.7 Å². The highest BCUT2D eigenvalue weighted by atomic mass is 32.1. The summed E-state index contributed by atoms with van der Waals surface area (Å²) in [7, 11) is 4.09. The van der Waals surface area contributed by atoms with Gasteiger partial charge in [0.2, 0.25) is 0 Å². The van der Waals surface area contributed by atoms with Gasteiger partial charge >= 0.3 is 0 Å². The molecule has 0 spiro atoms. The number of likely N-dealkylation sites (N-methyl/N-ethyl adjacent to an activating group) is 1. The minimum Gasteiger partial charge on any atom is -0.378 e. The highest BCUT2D eigenvalue weighted by molar-refractivity contribution is 7.80. The van der Waals surface area contributed by atoms with Gasteiger partial charge in [-0.05, 0) is 39.2 Å². The summed E-state index contributed by atoms with van der Waals surface area (Å²) in [4.78, 5) is 2.11. The first-order valence-corrected chi connectivity index (χ1v) is 6.86. The van der Waals surface area contributed by atoms with Crippen LogP contribution in [-0.2, 0) is 4.74 Å². The molecular weight excluding hydrogens is 234 g/mol. The van der Waals surface area contributed by atoms with Crippen LogP contribution in [0.25, 0.3) is 0 Å². The standard InChI is InChI=1S/C12H25N3OS/c1-15(2)8-10-16-9-7-13-12(17)14-11-5-3-4-6-11/h11H,3-10H2,1-2H3,(H2,13,14,17). The molecule has 0 saturated heterocycles. The summed E-state index contributed by atoms with van der Waals surface area (Å²) in [6, 6.07) is 0.588. The molecule has 0 aromatic carbocycles. The molecule has 0 atom stereocenters. The molecule has 0 heterocycles. The number of nitrogens with zero attached hydrogens (tertiary/aromatic N) is 1. The second kappa shape index (κ2) is 8.66. The van der Waals surface area contributed by atoms with Crippen LogP contribution >= 0.6 is 12.2 Å². The molecule has 0 aromatic heterocycles. The quantitative estimate of drug-likeness (QED) is 0.526. The fraction of sp³-hybridized carbons (Fsp3) is 0.917. The predicted octanol–water partition coefficient (Wildman–Crippen LogP) is 0.971. The number of thiocarbonyl (C=S) groups is 1. The summed E-state index contributed by atoms with van der Waals surface area (Å²) in [6.45, 7) is 3.23. The fourth-order valence-electron chi connectivity index (χ4n) is 1.89. The van der Waals surface area contributed by atoms with Gasteiger partial charge in [0.25, 0.3) is 0 Å². The van der Waals surface area contributed by atoms with E-state index in [1.54, 1.807) is 0 Å². The van der Waals surface area contributed by atoms with Crippen molar-refractivity contribution in [2.45, 2.75) is 31.7 Å². The van der Waals surface area contributed by atoms with Gasteiger partial charge < -0.3 is 20.3 Å². The van der Waals surface area contributed by atoms with E-state index in [2.05, 4.69) is 15.5 Å². The van der Waals surface area contributed by atoms with E-state index < -0.39 is 0 Å². The Hall–Kier alpha value is -0.390. The van der Waals surface area contributed by atoms with E-state index in [1.807, 2.05) is 14.1 Å². The Morgan fingerprint density at radius 2 is 2.00 bits per heavy atom. The minimum absolute atomic E-state index is 0.588. The maximum atomic E-state index is 5.47. The number of ether oxygens (including phenoxy) is 1. The Labute approximate surface area is 110 Å². The highest BCUT2D eigenvalue weighted by Gasteiger charge is 2.14. The van der Waals surface area contributed by atoms with Gasteiger partial charge in [0.05, 0.1) is 13.2 Å². The van der Waals surface area contributed by atoms with Crippen molar-refractivity contribution in [3.8, 4) is 0 Å². The van der Waals surface area contributed by atoms with Gasteiger partial charge in [0.15, 0.2) is 5.11 Å². The molecule has 1 aliphatic rings. The molecule has 100 valence electrons. The lowest BCUT2D eigenvalue weighted by Gasteiger charge is -2.16. The first kappa shape index (κ1) is 14.7. The number of hydrogen-bond donors (Lipinski definition) is 2. The first-order valence-electron chi connectivity index (χ1n) is 6.45. The molecule has 4 nitrogen and oxygen atoms in total. The molecule has 1 saturated carbocycles. The maximum Gasteiger partial charge on any atom is 0.166 e. The van der Waals surface area contributed by atoms with Gasteiger partial charge in [-0.1, -0.05) is 12.8 Å². The van der Waals surface area contributed by atoms with Crippen LogP contribution in [-0.4, -0.2) is 56.5 Å². The van der Waals surface area contributed by atoms with Crippen molar-refractivity contribution in [1.29, 1.82) is 0 Å². The molecule has 2 N–H and O–H groups in total. The fourth-order valence-corrected chi connectivity index (χ4v) is 2.16. The molecule has 0 aliphatic heterocycles. The number of rotatable bonds is 7. The summed E-state index contributed by atoms with van der Waals surface area (Å²) < 4.78 is 5.47. The van der Waals surface area contributed by atoms with Crippen LogP contribution in [0.15, 0.2) is 0 Å². The zero-order chi connectivity index (χ0) is 12.5. The number of hydrogen-bond acceptors (Lipinski definition) is 3. The number of nitrogens with one attached hydrogen (secondary N) is 2. The van der Waals surface area contributed by atoms with Crippen LogP contribution in [0.3, 0.4) is 0 Å².